The summed E-state index contributed by atoms with van der Waals surface area (Å²) in [5.74, 6) is -1.12. The van der Waals surface area contributed by atoms with Crippen molar-refractivity contribution in [3.63, 3.8) is 0 Å². The fraction of sp³-hybridized carbons (Fsp3) is 0.805. The number of allylic oxidation sites excluding steroid dienone is 6. The fourth-order valence-electron chi connectivity index (χ4n) is 6.06. The first-order valence-corrected chi connectivity index (χ1v) is 22.3. The molecule has 0 aliphatic heterocycles. The van der Waals surface area contributed by atoms with Crippen molar-refractivity contribution in [1.82, 2.24) is 0 Å². The van der Waals surface area contributed by atoms with E-state index in [2.05, 4.69) is 50.3 Å². The Morgan fingerprint density at radius 1 is 0.564 bits per heavy atom. The van der Waals surface area contributed by atoms with E-state index < -0.39 is 75.7 Å². The smallest absolute Gasteiger partial charge is 0.462 e. The Kier molecular flexibility index (Phi) is 29.8. The highest BCUT2D eigenvalue weighted by Crippen LogP contribution is 2.47. The predicted octanol–water partition coefficient (Wildman–Crippen LogP) is 7.05. The van der Waals surface area contributed by atoms with Crippen molar-refractivity contribution in [1.29, 1.82) is 0 Å². The molecule has 13 nitrogen and oxygen atoms in total. The van der Waals surface area contributed by atoms with E-state index in [9.17, 15) is 44.6 Å². The third kappa shape index (κ3) is 25.1. The molecule has 6 atom stereocenters. The summed E-state index contributed by atoms with van der Waals surface area (Å²) >= 11 is 0. The Bertz CT molecular complexity index is 1110. The van der Waals surface area contributed by atoms with Gasteiger partial charge in [-0.2, -0.15) is 0 Å². The number of unbranched alkanes of at least 4 members (excludes halogenated alkanes) is 15. The minimum absolute atomic E-state index is 0.0826. The molecular formula is C41H73O13P. The number of aliphatic hydroxyl groups excluding tert-OH is 5. The molecule has 55 heavy (non-hydrogen) atoms. The molecule has 0 saturated heterocycles. The lowest BCUT2D eigenvalue weighted by Crippen LogP contribution is -2.64. The number of esters is 2. The molecule has 1 rings (SSSR count). The SMILES string of the molecule is CCCCC/C=C\C/C=C\C/C=C\CCCCCCCCC(=O)OC(COC(=O)CCCCCCCCC)COP(=O)(O)OC1C(O)C(O)C(O)C(O)C1O. The second-order valence-electron chi connectivity index (χ2n) is 14.5. The second-order valence-corrected chi connectivity index (χ2v) is 15.9. The Labute approximate surface area is 329 Å². The summed E-state index contributed by atoms with van der Waals surface area (Å²) in [6, 6.07) is 0. The maximum absolute atomic E-state index is 12.7. The molecule has 0 aromatic heterocycles. The van der Waals surface area contributed by atoms with E-state index >= 15 is 0 Å². The summed E-state index contributed by atoms with van der Waals surface area (Å²) in [5.41, 5.74) is 0. The highest BCUT2D eigenvalue weighted by atomic mass is 31.2. The lowest BCUT2D eigenvalue weighted by atomic mass is 9.85. The van der Waals surface area contributed by atoms with Crippen LogP contribution in [0.2, 0.25) is 0 Å². The van der Waals surface area contributed by atoms with Gasteiger partial charge in [-0.1, -0.05) is 127 Å². The molecule has 1 aliphatic rings. The van der Waals surface area contributed by atoms with Gasteiger partial charge in [0.15, 0.2) is 6.10 Å². The number of phosphoric ester groups is 1. The monoisotopic (exact) mass is 804 g/mol. The summed E-state index contributed by atoms with van der Waals surface area (Å²) in [4.78, 5) is 35.4. The van der Waals surface area contributed by atoms with Crippen LogP contribution in [0.5, 0.6) is 0 Å². The van der Waals surface area contributed by atoms with Crippen molar-refractivity contribution in [2.24, 2.45) is 0 Å². The molecule has 0 spiro atoms. The first-order chi connectivity index (χ1) is 26.4. The van der Waals surface area contributed by atoms with Crippen LogP contribution in [-0.2, 0) is 32.7 Å². The van der Waals surface area contributed by atoms with E-state index in [0.717, 1.165) is 89.9 Å². The minimum Gasteiger partial charge on any atom is -0.462 e. The zero-order valence-electron chi connectivity index (χ0n) is 33.5. The van der Waals surface area contributed by atoms with Crippen molar-refractivity contribution < 1.29 is 63.1 Å². The minimum atomic E-state index is -5.11. The lowest BCUT2D eigenvalue weighted by molar-refractivity contribution is -0.220. The summed E-state index contributed by atoms with van der Waals surface area (Å²) in [6.07, 6.45) is 20.9. The van der Waals surface area contributed by atoms with Crippen LogP contribution in [-0.4, -0.2) is 98.3 Å². The van der Waals surface area contributed by atoms with Crippen molar-refractivity contribution in [3.05, 3.63) is 36.5 Å². The molecule has 1 aliphatic carbocycles. The molecule has 0 amide bonds. The number of phosphoric acid groups is 1. The molecule has 14 heteroatoms. The number of carbonyl (C=O) groups excluding carboxylic acids is 2. The molecular weight excluding hydrogens is 731 g/mol. The molecule has 0 aromatic rings. The number of carbonyl (C=O) groups is 2. The van der Waals surface area contributed by atoms with Crippen molar-refractivity contribution in [2.75, 3.05) is 13.2 Å². The van der Waals surface area contributed by atoms with E-state index in [1.807, 2.05) is 0 Å². The van der Waals surface area contributed by atoms with E-state index in [-0.39, 0.29) is 12.8 Å². The number of hydrogen-bond acceptors (Lipinski definition) is 12. The number of ether oxygens (including phenoxy) is 2. The molecule has 0 bridgehead atoms. The average Bonchev–Trinajstić information content (AvgIpc) is 3.16. The Morgan fingerprint density at radius 3 is 1.53 bits per heavy atom. The number of hydrogen-bond donors (Lipinski definition) is 6. The van der Waals surface area contributed by atoms with Crippen LogP contribution in [0, 0.1) is 0 Å². The molecule has 1 fully saturated rings. The molecule has 0 heterocycles. The van der Waals surface area contributed by atoms with Crippen molar-refractivity contribution in [3.8, 4) is 0 Å². The zero-order chi connectivity index (χ0) is 40.7. The molecule has 0 radical (unpaired) electrons. The summed E-state index contributed by atoms with van der Waals surface area (Å²) in [7, 11) is -5.11. The van der Waals surface area contributed by atoms with Gasteiger partial charge in [0.05, 0.1) is 6.61 Å². The topological polar surface area (TPSA) is 210 Å². The van der Waals surface area contributed by atoms with Crippen LogP contribution in [0.25, 0.3) is 0 Å². The average molecular weight is 805 g/mol. The summed E-state index contributed by atoms with van der Waals surface area (Å²) in [5, 5.41) is 49.9. The highest BCUT2D eigenvalue weighted by Gasteiger charge is 2.51. The van der Waals surface area contributed by atoms with Crippen LogP contribution < -0.4 is 0 Å². The van der Waals surface area contributed by atoms with E-state index in [1.54, 1.807) is 0 Å². The highest BCUT2D eigenvalue weighted by molar-refractivity contribution is 7.47. The molecule has 320 valence electrons. The van der Waals surface area contributed by atoms with Crippen molar-refractivity contribution >= 4 is 19.8 Å². The largest absolute Gasteiger partial charge is 0.472 e. The molecule has 1 saturated carbocycles. The van der Waals surface area contributed by atoms with E-state index in [1.165, 1.54) is 25.7 Å². The van der Waals surface area contributed by atoms with Crippen LogP contribution >= 0.6 is 7.82 Å². The quantitative estimate of drug-likeness (QED) is 0.0170. The lowest BCUT2D eigenvalue weighted by Gasteiger charge is -2.41. The first-order valence-electron chi connectivity index (χ1n) is 20.8. The van der Waals surface area contributed by atoms with Gasteiger partial charge < -0.3 is 39.9 Å². The third-order valence-electron chi connectivity index (χ3n) is 9.48. The normalized spacial score (nSPS) is 23.4. The van der Waals surface area contributed by atoms with Gasteiger partial charge in [-0.25, -0.2) is 4.57 Å². The van der Waals surface area contributed by atoms with Crippen LogP contribution in [0.4, 0.5) is 0 Å². The fourth-order valence-corrected chi connectivity index (χ4v) is 7.03. The zero-order valence-corrected chi connectivity index (χ0v) is 34.4. The number of rotatable bonds is 33. The molecule has 6 N–H and O–H groups in total. The van der Waals surface area contributed by atoms with Gasteiger partial charge >= 0.3 is 19.8 Å². The van der Waals surface area contributed by atoms with Gasteiger partial charge in [0.2, 0.25) is 0 Å². The second kappa shape index (κ2) is 32.1. The van der Waals surface area contributed by atoms with Gasteiger partial charge in [0.25, 0.3) is 0 Å². The standard InChI is InChI=1S/C41H73O13P/c1-3-5-7-9-11-12-13-14-15-16-17-18-19-20-21-22-24-26-28-30-35(43)53-33(31-51-34(42)29-27-25-23-10-8-6-4-2)32-52-55(49,50)54-41-39(47)37(45)36(44)38(46)40(41)48/h11-12,14-15,17-18,33,36-41,44-48H,3-10,13,16,19-32H2,1-2H3,(H,49,50)/b12-11-,15-14-,18-17-. The van der Waals surface area contributed by atoms with Gasteiger partial charge in [0, 0.05) is 12.8 Å². The third-order valence-corrected chi connectivity index (χ3v) is 10.5. The van der Waals surface area contributed by atoms with Gasteiger partial charge in [-0.3, -0.25) is 18.6 Å². The van der Waals surface area contributed by atoms with Gasteiger partial charge in [-0.15, -0.1) is 0 Å². The first kappa shape index (κ1) is 51.1. The Morgan fingerprint density at radius 2 is 0.982 bits per heavy atom. The summed E-state index contributed by atoms with van der Waals surface area (Å²) < 4.78 is 33.3. The Hall–Kier alpha value is -1.93. The van der Waals surface area contributed by atoms with Gasteiger partial charge in [0.1, 0.15) is 43.2 Å². The van der Waals surface area contributed by atoms with Crippen LogP contribution in [0.1, 0.15) is 155 Å². The van der Waals surface area contributed by atoms with E-state index in [4.69, 9.17) is 18.5 Å². The van der Waals surface area contributed by atoms with E-state index in [0.29, 0.717) is 12.8 Å². The Balaban J connectivity index is 2.46. The molecule has 6 unspecified atom stereocenters. The maximum atomic E-state index is 12.7. The predicted molar refractivity (Wildman–Crippen MR) is 212 cm³/mol. The number of aliphatic hydroxyl groups is 5. The molecule has 0 aromatic carbocycles. The van der Waals surface area contributed by atoms with Crippen molar-refractivity contribution in [2.45, 2.75) is 198 Å². The van der Waals surface area contributed by atoms with Crippen LogP contribution in [0.15, 0.2) is 36.5 Å². The van der Waals surface area contributed by atoms with Crippen LogP contribution in [0.3, 0.4) is 0 Å². The van der Waals surface area contributed by atoms with Gasteiger partial charge in [-0.05, 0) is 51.4 Å². The summed E-state index contributed by atoms with van der Waals surface area (Å²) in [6.45, 7) is 3.18. The maximum Gasteiger partial charge on any atom is 0.472 e.